The number of carbonyl (C=O) groups is 1. The highest BCUT2D eigenvalue weighted by Gasteiger charge is 2.46. The van der Waals surface area contributed by atoms with Gasteiger partial charge in [0.05, 0.1) is 30.5 Å². The summed E-state index contributed by atoms with van der Waals surface area (Å²) in [5.74, 6) is -1.74. The Morgan fingerprint density at radius 2 is 1.66 bits per heavy atom. The van der Waals surface area contributed by atoms with Crippen molar-refractivity contribution in [1.29, 1.82) is 0 Å². The SMILES string of the molecule is O=C(NCC(Cl)(Cl)CN=C(Nc1cccnc1)NS(=O)(=O)C(F)(F)F)c1ccc(C(F)(F)F)cc1. The number of anilines is 1. The summed E-state index contributed by atoms with van der Waals surface area (Å²) in [5, 5.41) is 4.53. The molecule has 192 valence electrons. The maximum absolute atomic E-state index is 12.8. The molecule has 0 radical (unpaired) electrons. The molecule has 2 rings (SSSR count). The molecule has 0 unspecified atom stereocenters. The molecule has 2 aromatic rings. The third-order valence-corrected chi connectivity index (χ3v) is 5.49. The Morgan fingerprint density at radius 3 is 2.17 bits per heavy atom. The lowest BCUT2D eigenvalue weighted by Crippen LogP contribution is -2.44. The van der Waals surface area contributed by atoms with Gasteiger partial charge in [-0.15, -0.1) is 0 Å². The second-order valence-electron chi connectivity index (χ2n) is 6.70. The molecule has 0 spiro atoms. The Bertz CT molecular complexity index is 1160. The van der Waals surface area contributed by atoms with E-state index in [2.05, 4.69) is 20.6 Å². The van der Waals surface area contributed by atoms with E-state index in [0.29, 0.717) is 12.1 Å². The maximum Gasteiger partial charge on any atom is 0.516 e. The van der Waals surface area contributed by atoms with Gasteiger partial charge in [0.1, 0.15) is 0 Å². The van der Waals surface area contributed by atoms with Crippen molar-refractivity contribution in [3.05, 3.63) is 59.9 Å². The molecule has 35 heavy (non-hydrogen) atoms. The van der Waals surface area contributed by atoms with E-state index in [-0.39, 0.29) is 11.3 Å². The molecular weight excluding hydrogens is 551 g/mol. The number of nitrogens with zero attached hydrogens (tertiary/aromatic N) is 2. The Kier molecular flexibility index (Phi) is 8.84. The number of nitrogens with one attached hydrogen (secondary N) is 3. The number of alkyl halides is 8. The van der Waals surface area contributed by atoms with E-state index in [4.69, 9.17) is 23.2 Å². The van der Waals surface area contributed by atoms with Gasteiger partial charge in [-0.3, -0.25) is 9.78 Å². The number of sulfonamides is 1. The number of hydrogen-bond acceptors (Lipinski definition) is 5. The quantitative estimate of drug-likeness (QED) is 0.204. The van der Waals surface area contributed by atoms with Gasteiger partial charge in [-0.2, -0.15) is 34.8 Å². The van der Waals surface area contributed by atoms with Crippen molar-refractivity contribution >= 4 is 50.8 Å². The summed E-state index contributed by atoms with van der Waals surface area (Å²) < 4.78 is 98.3. The lowest BCUT2D eigenvalue weighted by atomic mass is 10.1. The lowest BCUT2D eigenvalue weighted by molar-refractivity contribution is -0.137. The highest BCUT2D eigenvalue weighted by Crippen LogP contribution is 2.29. The lowest BCUT2D eigenvalue weighted by Gasteiger charge is -2.20. The van der Waals surface area contributed by atoms with Gasteiger partial charge in [-0.25, -0.2) is 9.71 Å². The van der Waals surface area contributed by atoms with Crippen LogP contribution < -0.4 is 15.4 Å². The summed E-state index contributed by atoms with van der Waals surface area (Å²) in [7, 11) is -5.86. The van der Waals surface area contributed by atoms with Gasteiger partial charge in [-0.05, 0) is 36.4 Å². The second kappa shape index (κ2) is 10.9. The molecule has 0 aliphatic rings. The van der Waals surface area contributed by atoms with Crippen LogP contribution in [0.2, 0.25) is 0 Å². The summed E-state index contributed by atoms with van der Waals surface area (Å²) >= 11 is 12.0. The van der Waals surface area contributed by atoms with Crippen molar-refractivity contribution in [2.45, 2.75) is 16.0 Å². The Hall–Kier alpha value is -2.78. The van der Waals surface area contributed by atoms with Gasteiger partial charge < -0.3 is 10.6 Å². The minimum Gasteiger partial charge on any atom is -0.349 e. The minimum atomic E-state index is -5.86. The van der Waals surface area contributed by atoms with E-state index in [0.717, 1.165) is 18.3 Å². The number of amides is 1. The molecule has 0 atom stereocenters. The fourth-order valence-electron chi connectivity index (χ4n) is 2.23. The van der Waals surface area contributed by atoms with E-state index < -0.39 is 56.6 Å². The molecular formula is C18H15Cl2F6N5O3S. The predicted molar refractivity (Wildman–Crippen MR) is 116 cm³/mol. The van der Waals surface area contributed by atoms with Crippen LogP contribution >= 0.6 is 23.2 Å². The van der Waals surface area contributed by atoms with E-state index in [1.807, 2.05) is 0 Å². The van der Waals surface area contributed by atoms with Crippen LogP contribution in [0.5, 0.6) is 0 Å². The Balaban J connectivity index is 2.11. The first kappa shape index (κ1) is 28.5. The van der Waals surface area contributed by atoms with Gasteiger partial charge in [0.15, 0.2) is 4.33 Å². The molecule has 3 N–H and O–H groups in total. The van der Waals surface area contributed by atoms with Crippen LogP contribution in [0.3, 0.4) is 0 Å². The van der Waals surface area contributed by atoms with Crippen molar-refractivity contribution in [2.75, 3.05) is 18.4 Å². The monoisotopic (exact) mass is 565 g/mol. The summed E-state index contributed by atoms with van der Waals surface area (Å²) in [6.07, 6.45) is -2.08. The number of hydrogen-bond donors (Lipinski definition) is 3. The van der Waals surface area contributed by atoms with E-state index in [1.165, 1.54) is 23.1 Å². The second-order valence-corrected chi connectivity index (χ2v) is 10.0. The average molecular weight is 566 g/mol. The normalized spacial score (nSPS) is 13.3. The summed E-state index contributed by atoms with van der Waals surface area (Å²) in [6, 6.07) is 5.98. The van der Waals surface area contributed by atoms with E-state index >= 15 is 0 Å². The summed E-state index contributed by atoms with van der Waals surface area (Å²) in [6.45, 7) is -1.27. The van der Waals surface area contributed by atoms with Crippen molar-refractivity contribution in [1.82, 2.24) is 15.0 Å². The highest BCUT2D eigenvalue weighted by atomic mass is 35.5. The number of guanidine groups is 1. The summed E-state index contributed by atoms with van der Waals surface area (Å²) in [5.41, 5.74) is -6.70. The number of aliphatic imine (C=N–C) groups is 1. The number of halogens is 8. The highest BCUT2D eigenvalue weighted by molar-refractivity contribution is 7.90. The largest absolute Gasteiger partial charge is 0.516 e. The smallest absolute Gasteiger partial charge is 0.349 e. The minimum absolute atomic E-state index is 0.0708. The van der Waals surface area contributed by atoms with Crippen LogP contribution in [0.15, 0.2) is 53.8 Å². The predicted octanol–water partition coefficient (Wildman–Crippen LogP) is 3.91. The van der Waals surface area contributed by atoms with Crippen LogP contribution in [0.4, 0.5) is 32.0 Å². The molecule has 1 heterocycles. The zero-order chi connectivity index (χ0) is 26.5. The van der Waals surface area contributed by atoms with Gasteiger partial charge in [0.25, 0.3) is 5.91 Å². The molecule has 0 bridgehead atoms. The first-order valence-electron chi connectivity index (χ1n) is 9.14. The molecule has 1 aromatic heterocycles. The van der Waals surface area contributed by atoms with Gasteiger partial charge in [-0.1, -0.05) is 23.2 Å². The Labute approximate surface area is 204 Å². The van der Waals surface area contributed by atoms with Gasteiger partial charge in [0.2, 0.25) is 5.96 Å². The average Bonchev–Trinajstić information content (AvgIpc) is 2.75. The topological polar surface area (TPSA) is 113 Å². The standard InChI is InChI=1S/C18H15Cl2F6N5O3S/c19-16(20,9-28-14(32)11-3-5-12(6-4-11)17(21,22)23)10-29-15(30-13-2-1-7-27-8-13)31-35(33,34)18(24,25)26/h1-8H,9-10H2,(H,28,32)(H2,29,30,31). The molecule has 8 nitrogen and oxygen atoms in total. The zero-order valence-electron chi connectivity index (χ0n) is 17.1. The van der Waals surface area contributed by atoms with Crippen molar-refractivity contribution in [3.8, 4) is 0 Å². The van der Waals surface area contributed by atoms with Crippen LogP contribution in [0, 0.1) is 0 Å². The molecule has 0 fully saturated rings. The summed E-state index contributed by atoms with van der Waals surface area (Å²) in [4.78, 5) is 19.5. The first-order chi connectivity index (χ1) is 16.0. The van der Waals surface area contributed by atoms with Crippen LogP contribution in [-0.4, -0.2) is 48.2 Å². The van der Waals surface area contributed by atoms with Gasteiger partial charge >= 0.3 is 21.7 Å². The number of benzene rings is 1. The fourth-order valence-corrected chi connectivity index (χ4v) is 2.97. The molecule has 0 aliphatic heterocycles. The van der Waals surface area contributed by atoms with Crippen molar-refractivity contribution in [2.24, 2.45) is 4.99 Å². The zero-order valence-corrected chi connectivity index (χ0v) is 19.4. The molecule has 0 saturated carbocycles. The number of pyridine rings is 1. The van der Waals surface area contributed by atoms with E-state index in [1.54, 1.807) is 0 Å². The molecule has 17 heteroatoms. The molecule has 0 aliphatic carbocycles. The van der Waals surface area contributed by atoms with E-state index in [9.17, 15) is 39.6 Å². The third kappa shape index (κ3) is 8.74. The number of carbonyl (C=O) groups excluding carboxylic acids is 1. The van der Waals surface area contributed by atoms with Gasteiger partial charge in [0, 0.05) is 11.8 Å². The van der Waals surface area contributed by atoms with Crippen molar-refractivity contribution < 1.29 is 39.6 Å². The Morgan fingerprint density at radius 1 is 1.03 bits per heavy atom. The fraction of sp³-hybridized carbons (Fsp3) is 0.278. The molecule has 1 aromatic carbocycles. The van der Waals surface area contributed by atoms with Crippen molar-refractivity contribution in [3.63, 3.8) is 0 Å². The number of rotatable bonds is 7. The van der Waals surface area contributed by atoms with Crippen LogP contribution in [0.1, 0.15) is 15.9 Å². The number of aromatic nitrogens is 1. The first-order valence-corrected chi connectivity index (χ1v) is 11.4. The maximum atomic E-state index is 12.8. The molecule has 1 amide bonds. The third-order valence-electron chi connectivity index (χ3n) is 3.91. The molecule has 0 saturated heterocycles. The van der Waals surface area contributed by atoms with Crippen LogP contribution in [0.25, 0.3) is 0 Å². The van der Waals surface area contributed by atoms with Crippen LogP contribution in [-0.2, 0) is 16.2 Å².